The first-order valence-electron chi connectivity index (χ1n) is 9.50. The quantitative estimate of drug-likeness (QED) is 0.773. The molecular weight excluding hydrogens is 324 g/mol. The van der Waals surface area contributed by atoms with E-state index in [1.54, 1.807) is 0 Å². The molecule has 0 N–H and O–H groups in total. The number of amides is 2. The number of para-hydroxylation sites is 2. The molecule has 0 aliphatic carbocycles. The predicted octanol–water partition coefficient (Wildman–Crippen LogP) is 3.73. The molecule has 0 fully saturated rings. The van der Waals surface area contributed by atoms with E-state index >= 15 is 0 Å². The number of hydrogen-bond donors (Lipinski definition) is 0. The van der Waals surface area contributed by atoms with Crippen LogP contribution in [0.25, 0.3) is 0 Å². The van der Waals surface area contributed by atoms with E-state index in [0.29, 0.717) is 12.8 Å². The largest absolute Gasteiger partial charge is 0.312 e. The third-order valence-electron chi connectivity index (χ3n) is 5.41. The first-order valence-corrected chi connectivity index (χ1v) is 9.50. The smallest absolute Gasteiger partial charge is 0.226 e. The van der Waals surface area contributed by atoms with Gasteiger partial charge in [-0.05, 0) is 48.9 Å². The van der Waals surface area contributed by atoms with Crippen LogP contribution in [0.5, 0.6) is 0 Å². The van der Waals surface area contributed by atoms with Crippen molar-refractivity contribution in [3.8, 4) is 0 Å². The van der Waals surface area contributed by atoms with Gasteiger partial charge in [-0.25, -0.2) is 0 Å². The topological polar surface area (TPSA) is 40.6 Å². The summed E-state index contributed by atoms with van der Waals surface area (Å²) in [5, 5.41) is 0. The first kappa shape index (κ1) is 16.8. The number of fused-ring (bicyclic) bond motifs is 2. The zero-order chi connectivity index (χ0) is 17.9. The lowest BCUT2D eigenvalue weighted by molar-refractivity contribution is -0.120. The Morgan fingerprint density at radius 1 is 0.692 bits per heavy atom. The molecule has 2 heterocycles. The molecule has 0 spiro atoms. The van der Waals surface area contributed by atoms with E-state index in [-0.39, 0.29) is 11.8 Å². The molecule has 0 bridgehead atoms. The summed E-state index contributed by atoms with van der Waals surface area (Å²) >= 11 is 0. The maximum absolute atomic E-state index is 12.5. The summed E-state index contributed by atoms with van der Waals surface area (Å²) in [5.74, 6) is 0.350. The molecule has 4 heteroatoms. The highest BCUT2D eigenvalue weighted by molar-refractivity contribution is 5.96. The van der Waals surface area contributed by atoms with Crippen molar-refractivity contribution in [2.75, 3.05) is 22.9 Å². The van der Waals surface area contributed by atoms with Crippen molar-refractivity contribution in [1.29, 1.82) is 0 Å². The van der Waals surface area contributed by atoms with Crippen molar-refractivity contribution in [3.63, 3.8) is 0 Å². The van der Waals surface area contributed by atoms with Crippen molar-refractivity contribution in [3.05, 3.63) is 59.7 Å². The van der Waals surface area contributed by atoms with E-state index in [2.05, 4.69) is 12.1 Å². The second kappa shape index (κ2) is 7.32. The fourth-order valence-electron chi connectivity index (χ4n) is 4.02. The molecule has 0 saturated heterocycles. The van der Waals surface area contributed by atoms with Gasteiger partial charge in [0.2, 0.25) is 11.8 Å². The van der Waals surface area contributed by atoms with Gasteiger partial charge in [0.15, 0.2) is 0 Å². The standard InChI is InChI=1S/C22H24N2O2/c25-21(23-15-13-17-7-1-3-9-19(17)23)11-5-6-12-22(26)24-16-14-18-8-2-4-10-20(18)24/h1-4,7-10H,5-6,11-16H2. The van der Waals surface area contributed by atoms with Gasteiger partial charge >= 0.3 is 0 Å². The minimum absolute atomic E-state index is 0.175. The minimum atomic E-state index is 0.175. The molecule has 4 rings (SSSR count). The third-order valence-corrected chi connectivity index (χ3v) is 5.41. The average molecular weight is 348 g/mol. The fraction of sp³-hybridized carbons (Fsp3) is 0.364. The van der Waals surface area contributed by atoms with Crippen LogP contribution in [0.1, 0.15) is 36.8 Å². The van der Waals surface area contributed by atoms with Gasteiger partial charge < -0.3 is 9.80 Å². The van der Waals surface area contributed by atoms with Crippen LogP contribution in [0.3, 0.4) is 0 Å². The van der Waals surface area contributed by atoms with E-state index < -0.39 is 0 Å². The minimum Gasteiger partial charge on any atom is -0.312 e. The predicted molar refractivity (Wildman–Crippen MR) is 103 cm³/mol. The molecular formula is C22H24N2O2. The average Bonchev–Trinajstić information content (AvgIpc) is 3.29. The summed E-state index contributed by atoms with van der Waals surface area (Å²) in [7, 11) is 0. The monoisotopic (exact) mass is 348 g/mol. The molecule has 4 nitrogen and oxygen atoms in total. The normalized spacial score (nSPS) is 15.1. The van der Waals surface area contributed by atoms with Gasteiger partial charge in [0.05, 0.1) is 0 Å². The number of nitrogens with zero attached hydrogens (tertiary/aromatic N) is 2. The molecule has 2 aromatic rings. The van der Waals surface area contributed by atoms with Crippen LogP contribution in [-0.4, -0.2) is 24.9 Å². The fourth-order valence-corrected chi connectivity index (χ4v) is 4.02. The second-order valence-corrected chi connectivity index (χ2v) is 7.06. The number of carbonyl (C=O) groups is 2. The van der Waals surface area contributed by atoms with E-state index in [1.165, 1.54) is 11.1 Å². The van der Waals surface area contributed by atoms with Crippen LogP contribution >= 0.6 is 0 Å². The lowest BCUT2D eigenvalue weighted by Gasteiger charge is -2.18. The number of carbonyl (C=O) groups excluding carboxylic acids is 2. The highest BCUT2D eigenvalue weighted by atomic mass is 16.2. The molecule has 2 aromatic carbocycles. The van der Waals surface area contributed by atoms with Gasteiger partial charge in [-0.3, -0.25) is 9.59 Å². The van der Waals surface area contributed by atoms with Gasteiger partial charge in [0.25, 0.3) is 0 Å². The Bertz CT molecular complexity index is 761. The summed E-state index contributed by atoms with van der Waals surface area (Å²) < 4.78 is 0. The van der Waals surface area contributed by atoms with Crippen molar-refractivity contribution in [2.45, 2.75) is 38.5 Å². The van der Waals surface area contributed by atoms with Crippen LogP contribution in [0, 0.1) is 0 Å². The van der Waals surface area contributed by atoms with Crippen molar-refractivity contribution in [2.24, 2.45) is 0 Å². The molecule has 2 aliphatic heterocycles. The summed E-state index contributed by atoms with van der Waals surface area (Å²) in [6, 6.07) is 16.2. The van der Waals surface area contributed by atoms with Gasteiger partial charge in [0, 0.05) is 37.3 Å². The Balaban J connectivity index is 1.25. The SMILES string of the molecule is O=C(CCCCC(=O)N1CCc2ccccc21)N1CCc2ccccc21. The zero-order valence-corrected chi connectivity index (χ0v) is 15.0. The Morgan fingerprint density at radius 2 is 1.12 bits per heavy atom. The van der Waals surface area contributed by atoms with E-state index in [1.807, 2.05) is 46.2 Å². The summed E-state index contributed by atoms with van der Waals surface area (Å²) in [4.78, 5) is 28.8. The number of hydrogen-bond acceptors (Lipinski definition) is 2. The summed E-state index contributed by atoms with van der Waals surface area (Å²) in [5.41, 5.74) is 4.62. The highest BCUT2D eigenvalue weighted by Gasteiger charge is 2.25. The Hall–Kier alpha value is -2.62. The van der Waals surface area contributed by atoms with Crippen LogP contribution in [0.2, 0.25) is 0 Å². The number of anilines is 2. The second-order valence-electron chi connectivity index (χ2n) is 7.06. The molecule has 26 heavy (non-hydrogen) atoms. The Labute approximate surface area is 154 Å². The lowest BCUT2D eigenvalue weighted by Crippen LogP contribution is -2.29. The molecule has 2 aliphatic rings. The van der Waals surface area contributed by atoms with Gasteiger partial charge in [-0.15, -0.1) is 0 Å². The molecule has 2 amide bonds. The zero-order valence-electron chi connectivity index (χ0n) is 15.0. The van der Waals surface area contributed by atoms with Crippen molar-refractivity contribution in [1.82, 2.24) is 0 Å². The van der Waals surface area contributed by atoms with E-state index in [9.17, 15) is 9.59 Å². The lowest BCUT2D eigenvalue weighted by atomic mass is 10.1. The molecule has 0 aromatic heterocycles. The van der Waals surface area contributed by atoms with Crippen LogP contribution in [-0.2, 0) is 22.4 Å². The van der Waals surface area contributed by atoms with Gasteiger partial charge in [-0.2, -0.15) is 0 Å². The number of benzene rings is 2. The molecule has 134 valence electrons. The summed E-state index contributed by atoms with van der Waals surface area (Å²) in [6.45, 7) is 1.56. The molecule has 0 saturated carbocycles. The van der Waals surface area contributed by atoms with Crippen molar-refractivity contribution >= 4 is 23.2 Å². The van der Waals surface area contributed by atoms with E-state index in [4.69, 9.17) is 0 Å². The number of unbranched alkanes of at least 4 members (excludes halogenated alkanes) is 1. The maximum atomic E-state index is 12.5. The van der Waals surface area contributed by atoms with E-state index in [0.717, 1.165) is 50.1 Å². The van der Waals surface area contributed by atoms with Crippen LogP contribution in [0.15, 0.2) is 48.5 Å². The van der Waals surface area contributed by atoms with Gasteiger partial charge in [-0.1, -0.05) is 36.4 Å². The maximum Gasteiger partial charge on any atom is 0.226 e. The number of rotatable bonds is 5. The molecule has 0 radical (unpaired) electrons. The van der Waals surface area contributed by atoms with Crippen LogP contribution in [0.4, 0.5) is 11.4 Å². The molecule has 0 unspecified atom stereocenters. The molecule has 0 atom stereocenters. The Kier molecular flexibility index (Phi) is 4.74. The van der Waals surface area contributed by atoms with Crippen molar-refractivity contribution < 1.29 is 9.59 Å². The highest BCUT2D eigenvalue weighted by Crippen LogP contribution is 2.29. The van der Waals surface area contributed by atoms with Gasteiger partial charge in [0.1, 0.15) is 0 Å². The third kappa shape index (κ3) is 3.24. The Morgan fingerprint density at radius 3 is 1.58 bits per heavy atom. The first-order chi connectivity index (χ1) is 12.7. The van der Waals surface area contributed by atoms with Crippen LogP contribution < -0.4 is 9.80 Å². The summed E-state index contributed by atoms with van der Waals surface area (Å²) in [6.07, 6.45) is 4.43.